The van der Waals surface area contributed by atoms with Crippen LogP contribution in [0.5, 0.6) is 0 Å². The van der Waals surface area contributed by atoms with Gasteiger partial charge in [0.2, 0.25) is 0 Å². The van der Waals surface area contributed by atoms with Gasteiger partial charge in [-0.2, -0.15) is 35.5 Å². The number of rotatable bonds is 7. The standard InChI is InChI=1S/C17H15N3O9S3/c21-30(22,23)10-18-12-3-5-13(6-4-12)19-20-14-2-1-11-7-15(31(24,25)26)9-17(16(11)8-14)32(27,28)29/h1-9,18H,10H2,(H,21,22,23)(H,24,25,26)(H,27,28,29). The molecule has 0 bridgehead atoms. The maximum Gasteiger partial charge on any atom is 0.295 e. The number of nitrogens with one attached hydrogen (secondary N) is 1. The third kappa shape index (κ3) is 6.06. The summed E-state index contributed by atoms with van der Waals surface area (Å²) < 4.78 is 95.1. The van der Waals surface area contributed by atoms with E-state index in [9.17, 15) is 34.4 Å². The van der Waals surface area contributed by atoms with E-state index in [1.807, 2.05) is 0 Å². The van der Waals surface area contributed by atoms with Crippen LogP contribution in [0.15, 0.2) is 74.6 Å². The van der Waals surface area contributed by atoms with Gasteiger partial charge in [-0.25, -0.2) is 0 Å². The quantitative estimate of drug-likeness (QED) is 0.275. The lowest BCUT2D eigenvalue weighted by Gasteiger charge is -2.07. The molecule has 0 amide bonds. The van der Waals surface area contributed by atoms with Gasteiger partial charge in [0.25, 0.3) is 30.4 Å². The van der Waals surface area contributed by atoms with Crippen molar-refractivity contribution in [3.63, 3.8) is 0 Å². The predicted molar refractivity (Wildman–Crippen MR) is 114 cm³/mol. The molecule has 4 N–H and O–H groups in total. The Balaban J connectivity index is 1.94. The second kappa shape index (κ2) is 8.53. The fourth-order valence-corrected chi connectivity index (χ4v) is 4.34. The minimum absolute atomic E-state index is 0.0406. The smallest absolute Gasteiger partial charge is 0.295 e. The Morgan fingerprint density at radius 2 is 1.31 bits per heavy atom. The molecule has 0 saturated carbocycles. The molecule has 3 aromatic carbocycles. The van der Waals surface area contributed by atoms with Gasteiger partial charge in [0.15, 0.2) is 0 Å². The maximum absolute atomic E-state index is 11.7. The van der Waals surface area contributed by atoms with E-state index in [0.717, 1.165) is 6.07 Å². The number of nitrogens with zero attached hydrogens (tertiary/aromatic N) is 2. The molecule has 0 aliphatic carbocycles. The van der Waals surface area contributed by atoms with Crippen molar-refractivity contribution in [1.29, 1.82) is 0 Å². The topological polar surface area (TPSA) is 200 Å². The first-order chi connectivity index (χ1) is 14.7. The fourth-order valence-electron chi connectivity index (χ4n) is 2.65. The molecule has 170 valence electrons. The average Bonchev–Trinajstić information content (AvgIpc) is 2.68. The van der Waals surface area contributed by atoms with Gasteiger partial charge in [0.1, 0.15) is 10.8 Å². The molecule has 0 saturated heterocycles. The zero-order valence-electron chi connectivity index (χ0n) is 15.8. The molecule has 0 aromatic heterocycles. The molecule has 0 aliphatic heterocycles. The zero-order valence-corrected chi connectivity index (χ0v) is 18.3. The van der Waals surface area contributed by atoms with Crippen LogP contribution in [0.25, 0.3) is 10.8 Å². The molecular weight excluding hydrogens is 486 g/mol. The second-order valence-corrected chi connectivity index (χ2v) is 10.7. The highest BCUT2D eigenvalue weighted by Gasteiger charge is 2.20. The van der Waals surface area contributed by atoms with Gasteiger partial charge in [0, 0.05) is 11.1 Å². The van der Waals surface area contributed by atoms with Crippen LogP contribution in [-0.2, 0) is 30.4 Å². The van der Waals surface area contributed by atoms with Gasteiger partial charge in [-0.05, 0) is 53.9 Å². The van der Waals surface area contributed by atoms with Crippen molar-refractivity contribution in [2.75, 3.05) is 11.2 Å². The number of hydrogen-bond acceptors (Lipinski definition) is 9. The lowest BCUT2D eigenvalue weighted by atomic mass is 10.1. The van der Waals surface area contributed by atoms with Crippen LogP contribution in [0, 0.1) is 0 Å². The Morgan fingerprint density at radius 1 is 0.719 bits per heavy atom. The minimum atomic E-state index is -4.83. The molecule has 0 heterocycles. The van der Waals surface area contributed by atoms with Crippen molar-refractivity contribution in [3.05, 3.63) is 54.6 Å². The molecule has 12 nitrogen and oxygen atoms in total. The second-order valence-electron chi connectivity index (χ2n) is 6.43. The van der Waals surface area contributed by atoms with E-state index in [2.05, 4.69) is 15.5 Å². The molecule has 0 radical (unpaired) electrons. The van der Waals surface area contributed by atoms with Crippen molar-refractivity contribution >= 4 is 58.2 Å². The van der Waals surface area contributed by atoms with Gasteiger partial charge in [-0.3, -0.25) is 13.7 Å². The van der Waals surface area contributed by atoms with Crippen LogP contribution in [0.2, 0.25) is 0 Å². The first-order valence-corrected chi connectivity index (χ1v) is 12.9. The maximum atomic E-state index is 11.7. The molecule has 15 heteroatoms. The number of anilines is 1. The van der Waals surface area contributed by atoms with Crippen LogP contribution < -0.4 is 5.32 Å². The summed E-state index contributed by atoms with van der Waals surface area (Å²) in [5.74, 6) is -0.666. The normalized spacial score (nSPS) is 13.0. The van der Waals surface area contributed by atoms with E-state index in [4.69, 9.17) is 4.55 Å². The van der Waals surface area contributed by atoms with Gasteiger partial charge in [-0.1, -0.05) is 6.07 Å². The van der Waals surface area contributed by atoms with E-state index < -0.39 is 46.0 Å². The highest BCUT2D eigenvalue weighted by atomic mass is 32.2. The van der Waals surface area contributed by atoms with E-state index in [1.165, 1.54) is 42.5 Å². The van der Waals surface area contributed by atoms with Gasteiger partial charge >= 0.3 is 0 Å². The van der Waals surface area contributed by atoms with Crippen LogP contribution in [0.1, 0.15) is 0 Å². The van der Waals surface area contributed by atoms with Gasteiger partial charge in [-0.15, -0.1) is 0 Å². The lowest BCUT2D eigenvalue weighted by Crippen LogP contribution is -2.12. The van der Waals surface area contributed by atoms with Crippen LogP contribution >= 0.6 is 0 Å². The number of benzene rings is 3. The summed E-state index contributed by atoms with van der Waals surface area (Å²) in [5, 5.41) is 10.5. The molecule has 3 rings (SSSR count). The van der Waals surface area contributed by atoms with Gasteiger partial charge < -0.3 is 5.32 Å². The summed E-state index contributed by atoms with van der Waals surface area (Å²) in [6.07, 6.45) is 0. The molecule has 0 fully saturated rings. The summed E-state index contributed by atoms with van der Waals surface area (Å²) in [6, 6.07) is 11.7. The van der Waals surface area contributed by atoms with Crippen molar-refractivity contribution in [3.8, 4) is 0 Å². The first-order valence-electron chi connectivity index (χ1n) is 8.46. The van der Waals surface area contributed by atoms with E-state index in [-0.39, 0.29) is 16.5 Å². The number of azo groups is 1. The molecule has 32 heavy (non-hydrogen) atoms. The van der Waals surface area contributed by atoms with Crippen LogP contribution in [0.4, 0.5) is 17.1 Å². The Labute approximate surface area is 182 Å². The van der Waals surface area contributed by atoms with Crippen LogP contribution in [0.3, 0.4) is 0 Å². The summed E-state index contributed by atoms with van der Waals surface area (Å²) >= 11 is 0. The SMILES string of the molecule is O=S(=O)(O)CNc1ccc(N=Nc2ccc3cc(S(=O)(=O)O)cc(S(=O)(=O)O)c3c2)cc1. The average molecular weight is 502 g/mol. The molecule has 0 unspecified atom stereocenters. The van der Waals surface area contributed by atoms with Crippen molar-refractivity contribution < 1.29 is 38.9 Å². The fraction of sp³-hybridized carbons (Fsp3) is 0.0588. The van der Waals surface area contributed by atoms with Crippen molar-refractivity contribution in [1.82, 2.24) is 0 Å². The zero-order chi connectivity index (χ0) is 23.7. The summed E-state index contributed by atoms with van der Waals surface area (Å²) in [6.45, 7) is 0. The molecular formula is C17H15N3O9S3. The number of hydrogen-bond donors (Lipinski definition) is 4. The first kappa shape index (κ1) is 23.7. The molecule has 3 aromatic rings. The third-order valence-electron chi connectivity index (χ3n) is 4.06. The molecule has 0 spiro atoms. The summed E-state index contributed by atoms with van der Waals surface area (Å²) in [5.41, 5.74) is 0.939. The van der Waals surface area contributed by atoms with Crippen LogP contribution in [-0.4, -0.2) is 44.8 Å². The summed E-state index contributed by atoms with van der Waals surface area (Å²) in [7, 11) is -13.7. The Bertz CT molecular complexity index is 1530. The molecule has 0 atom stereocenters. The largest absolute Gasteiger partial charge is 0.370 e. The number of fused-ring (bicyclic) bond motifs is 1. The minimum Gasteiger partial charge on any atom is -0.370 e. The highest BCUT2D eigenvalue weighted by molar-refractivity contribution is 7.87. The summed E-state index contributed by atoms with van der Waals surface area (Å²) in [4.78, 5) is -1.43. The van der Waals surface area contributed by atoms with E-state index in [1.54, 1.807) is 0 Å². The lowest BCUT2D eigenvalue weighted by molar-refractivity contribution is 0.480. The van der Waals surface area contributed by atoms with Gasteiger partial charge in [0.05, 0.1) is 16.3 Å². The van der Waals surface area contributed by atoms with E-state index in [0.29, 0.717) is 17.4 Å². The monoisotopic (exact) mass is 501 g/mol. The predicted octanol–water partition coefficient (Wildman–Crippen LogP) is 3.01. The Morgan fingerprint density at radius 3 is 1.88 bits per heavy atom. The third-order valence-corrected chi connectivity index (χ3v) is 6.29. The van der Waals surface area contributed by atoms with Crippen molar-refractivity contribution in [2.24, 2.45) is 10.2 Å². The Hall–Kier alpha value is -2.95. The van der Waals surface area contributed by atoms with Crippen molar-refractivity contribution in [2.45, 2.75) is 9.79 Å². The highest BCUT2D eigenvalue weighted by Crippen LogP contribution is 2.31. The van der Waals surface area contributed by atoms with E-state index >= 15 is 0 Å². The Kier molecular flexibility index (Phi) is 6.32. The molecule has 0 aliphatic rings.